The summed E-state index contributed by atoms with van der Waals surface area (Å²) in [5.41, 5.74) is 5.17. The predicted octanol–water partition coefficient (Wildman–Crippen LogP) is 3.44. The van der Waals surface area contributed by atoms with Crippen molar-refractivity contribution in [2.24, 2.45) is 0 Å². The Bertz CT molecular complexity index is 811. The van der Waals surface area contributed by atoms with Gasteiger partial charge in [0.05, 0.1) is 13.0 Å². The molecule has 3 rings (SSSR count). The summed E-state index contributed by atoms with van der Waals surface area (Å²) in [4.78, 5) is 16.7. The molecule has 5 heteroatoms. The number of phenols is 1. The first kappa shape index (κ1) is 19.1. The third kappa shape index (κ3) is 4.54. The standard InChI is InChI=1S/C22H28N2O3/c1-16-14-18(3)19(15-17(16)2)23-9-11-24(12-10-23)22(26)8-13-27-21-7-5-4-6-20(21)25/h4-7,14-15,25H,8-13H2,1-3H3. The molecular weight excluding hydrogens is 340 g/mol. The number of amides is 1. The lowest BCUT2D eigenvalue weighted by Gasteiger charge is -2.37. The summed E-state index contributed by atoms with van der Waals surface area (Å²) >= 11 is 0. The third-order valence-electron chi connectivity index (χ3n) is 5.22. The van der Waals surface area contributed by atoms with E-state index in [1.807, 2.05) is 4.90 Å². The van der Waals surface area contributed by atoms with Crippen molar-refractivity contribution in [2.45, 2.75) is 27.2 Å². The van der Waals surface area contributed by atoms with Crippen LogP contribution in [0.3, 0.4) is 0 Å². The van der Waals surface area contributed by atoms with Crippen LogP contribution in [0.2, 0.25) is 0 Å². The molecule has 144 valence electrons. The molecule has 0 radical (unpaired) electrons. The minimum atomic E-state index is 0.0990. The molecule has 0 bridgehead atoms. The van der Waals surface area contributed by atoms with E-state index >= 15 is 0 Å². The molecule has 0 aliphatic carbocycles. The number of phenolic OH excluding ortho intramolecular Hbond substituents is 1. The Balaban J connectivity index is 1.49. The summed E-state index contributed by atoms with van der Waals surface area (Å²) in [6, 6.07) is 11.3. The largest absolute Gasteiger partial charge is 0.504 e. The van der Waals surface area contributed by atoms with Gasteiger partial charge in [0.25, 0.3) is 0 Å². The summed E-state index contributed by atoms with van der Waals surface area (Å²) in [5.74, 6) is 0.615. The highest BCUT2D eigenvalue weighted by Crippen LogP contribution is 2.26. The zero-order chi connectivity index (χ0) is 19.4. The van der Waals surface area contributed by atoms with Crippen molar-refractivity contribution in [1.82, 2.24) is 4.90 Å². The molecule has 0 spiro atoms. The van der Waals surface area contributed by atoms with E-state index in [-0.39, 0.29) is 18.3 Å². The van der Waals surface area contributed by atoms with Crippen molar-refractivity contribution in [1.29, 1.82) is 0 Å². The van der Waals surface area contributed by atoms with E-state index in [1.165, 1.54) is 22.4 Å². The Labute approximate surface area is 161 Å². The summed E-state index contributed by atoms with van der Waals surface area (Å²) in [6.45, 7) is 9.83. The summed E-state index contributed by atoms with van der Waals surface area (Å²) in [6.07, 6.45) is 0.316. The highest BCUT2D eigenvalue weighted by atomic mass is 16.5. The second-order valence-electron chi connectivity index (χ2n) is 7.16. The smallest absolute Gasteiger partial charge is 0.226 e. The summed E-state index contributed by atoms with van der Waals surface area (Å²) in [7, 11) is 0. The molecule has 0 atom stereocenters. The van der Waals surface area contributed by atoms with Crippen LogP contribution < -0.4 is 9.64 Å². The van der Waals surface area contributed by atoms with E-state index in [0.717, 1.165) is 26.2 Å². The van der Waals surface area contributed by atoms with Gasteiger partial charge < -0.3 is 19.6 Å². The Kier molecular flexibility index (Phi) is 5.89. The molecular formula is C22H28N2O3. The first-order valence-corrected chi connectivity index (χ1v) is 9.47. The van der Waals surface area contributed by atoms with Crippen molar-refractivity contribution in [3.05, 3.63) is 53.1 Å². The van der Waals surface area contributed by atoms with Gasteiger partial charge in [-0.2, -0.15) is 0 Å². The maximum atomic E-state index is 12.4. The molecule has 1 fully saturated rings. The molecule has 5 nitrogen and oxygen atoms in total. The molecule has 0 saturated carbocycles. The van der Waals surface area contributed by atoms with Gasteiger partial charge in [-0.15, -0.1) is 0 Å². The Hall–Kier alpha value is -2.69. The minimum absolute atomic E-state index is 0.0990. The number of carbonyl (C=O) groups excluding carboxylic acids is 1. The lowest BCUT2D eigenvalue weighted by atomic mass is 10.0. The zero-order valence-electron chi connectivity index (χ0n) is 16.4. The topological polar surface area (TPSA) is 53.0 Å². The van der Waals surface area contributed by atoms with Gasteiger partial charge in [0.15, 0.2) is 11.5 Å². The quantitative estimate of drug-likeness (QED) is 0.878. The van der Waals surface area contributed by atoms with Crippen LogP contribution in [0, 0.1) is 20.8 Å². The van der Waals surface area contributed by atoms with Crippen LogP contribution in [0.5, 0.6) is 11.5 Å². The molecule has 1 saturated heterocycles. The number of aryl methyl sites for hydroxylation is 3. The Morgan fingerprint density at radius 1 is 1.00 bits per heavy atom. The summed E-state index contributed by atoms with van der Waals surface area (Å²) in [5, 5.41) is 9.69. The van der Waals surface area contributed by atoms with Crippen LogP contribution >= 0.6 is 0 Å². The van der Waals surface area contributed by atoms with Crippen molar-refractivity contribution < 1.29 is 14.6 Å². The number of rotatable bonds is 5. The molecule has 0 aromatic heterocycles. The fraction of sp³-hybridized carbons (Fsp3) is 0.409. The number of para-hydroxylation sites is 2. The van der Waals surface area contributed by atoms with E-state index < -0.39 is 0 Å². The fourth-order valence-electron chi connectivity index (χ4n) is 3.47. The van der Waals surface area contributed by atoms with Gasteiger partial charge in [0, 0.05) is 31.9 Å². The number of hydrogen-bond donors (Lipinski definition) is 1. The second kappa shape index (κ2) is 8.33. The molecule has 2 aromatic carbocycles. The first-order chi connectivity index (χ1) is 13.0. The van der Waals surface area contributed by atoms with Gasteiger partial charge in [-0.05, 0) is 55.7 Å². The van der Waals surface area contributed by atoms with E-state index in [9.17, 15) is 9.90 Å². The van der Waals surface area contributed by atoms with Crippen LogP contribution in [-0.4, -0.2) is 48.7 Å². The van der Waals surface area contributed by atoms with Crippen LogP contribution in [0.25, 0.3) is 0 Å². The molecule has 1 heterocycles. The van der Waals surface area contributed by atoms with E-state index in [1.54, 1.807) is 24.3 Å². The van der Waals surface area contributed by atoms with Gasteiger partial charge in [-0.1, -0.05) is 18.2 Å². The van der Waals surface area contributed by atoms with Crippen LogP contribution in [0.15, 0.2) is 36.4 Å². The maximum Gasteiger partial charge on any atom is 0.226 e. The van der Waals surface area contributed by atoms with Gasteiger partial charge in [-0.3, -0.25) is 4.79 Å². The second-order valence-corrected chi connectivity index (χ2v) is 7.16. The van der Waals surface area contributed by atoms with E-state index in [4.69, 9.17) is 4.74 Å². The predicted molar refractivity (Wildman–Crippen MR) is 108 cm³/mol. The normalized spacial score (nSPS) is 14.3. The highest BCUT2D eigenvalue weighted by Gasteiger charge is 2.22. The maximum absolute atomic E-state index is 12.4. The van der Waals surface area contributed by atoms with E-state index in [2.05, 4.69) is 37.8 Å². The minimum Gasteiger partial charge on any atom is -0.504 e. The zero-order valence-corrected chi connectivity index (χ0v) is 16.4. The average molecular weight is 368 g/mol. The van der Waals surface area contributed by atoms with Gasteiger partial charge in [0.2, 0.25) is 5.91 Å². The molecule has 1 aliphatic rings. The van der Waals surface area contributed by atoms with Crippen LogP contribution in [0.4, 0.5) is 5.69 Å². The monoisotopic (exact) mass is 368 g/mol. The highest BCUT2D eigenvalue weighted by molar-refractivity contribution is 5.76. The van der Waals surface area contributed by atoms with E-state index in [0.29, 0.717) is 12.2 Å². The third-order valence-corrected chi connectivity index (χ3v) is 5.22. The van der Waals surface area contributed by atoms with Crippen molar-refractivity contribution in [2.75, 3.05) is 37.7 Å². The molecule has 0 unspecified atom stereocenters. The number of piperazine rings is 1. The SMILES string of the molecule is Cc1cc(C)c(N2CCN(C(=O)CCOc3ccccc3O)CC2)cc1C. The summed E-state index contributed by atoms with van der Waals surface area (Å²) < 4.78 is 5.52. The van der Waals surface area contributed by atoms with Crippen molar-refractivity contribution >= 4 is 11.6 Å². The number of carbonyl (C=O) groups is 1. The van der Waals surface area contributed by atoms with Crippen LogP contribution in [0.1, 0.15) is 23.1 Å². The number of benzene rings is 2. The number of anilines is 1. The number of hydrogen-bond acceptors (Lipinski definition) is 4. The molecule has 1 amide bonds. The molecule has 2 aromatic rings. The molecule has 1 aliphatic heterocycles. The van der Waals surface area contributed by atoms with Gasteiger partial charge in [0.1, 0.15) is 0 Å². The van der Waals surface area contributed by atoms with Crippen molar-refractivity contribution in [3.8, 4) is 11.5 Å². The van der Waals surface area contributed by atoms with Gasteiger partial charge in [-0.25, -0.2) is 0 Å². The molecule has 27 heavy (non-hydrogen) atoms. The Morgan fingerprint density at radius 3 is 2.37 bits per heavy atom. The van der Waals surface area contributed by atoms with Gasteiger partial charge >= 0.3 is 0 Å². The number of nitrogens with zero attached hydrogens (tertiary/aromatic N) is 2. The lowest BCUT2D eigenvalue weighted by molar-refractivity contribution is -0.132. The van der Waals surface area contributed by atoms with Crippen LogP contribution in [-0.2, 0) is 4.79 Å². The number of aromatic hydroxyl groups is 1. The number of ether oxygens (including phenoxy) is 1. The lowest BCUT2D eigenvalue weighted by Crippen LogP contribution is -2.49. The fourth-order valence-corrected chi connectivity index (χ4v) is 3.47. The average Bonchev–Trinajstić information content (AvgIpc) is 2.66. The van der Waals surface area contributed by atoms with Crippen molar-refractivity contribution in [3.63, 3.8) is 0 Å². The molecule has 1 N–H and O–H groups in total. The first-order valence-electron chi connectivity index (χ1n) is 9.47. The Morgan fingerprint density at radius 2 is 1.67 bits per heavy atom.